The molecule has 0 spiro atoms. The Bertz CT molecular complexity index is 615. The maximum Gasteiger partial charge on any atom is 0.331 e. The average Bonchev–Trinajstić information content (AvgIpc) is 2.61. The van der Waals surface area contributed by atoms with Gasteiger partial charge in [-0.05, 0) is 45.2 Å². The number of hydrogen-bond donors (Lipinski definition) is 0. The Morgan fingerprint density at radius 2 is 1.96 bits per heavy atom. The number of ether oxygens (including phenoxy) is 3. The van der Waals surface area contributed by atoms with Gasteiger partial charge in [0.05, 0.1) is 26.4 Å². The van der Waals surface area contributed by atoms with Gasteiger partial charge in [0.15, 0.2) is 0 Å². The number of esters is 1. The van der Waals surface area contributed by atoms with Gasteiger partial charge in [-0.2, -0.15) is 0 Å². The van der Waals surface area contributed by atoms with Gasteiger partial charge in [0.1, 0.15) is 17.0 Å². The molecule has 0 saturated carbocycles. The van der Waals surface area contributed by atoms with E-state index in [4.69, 9.17) is 14.2 Å². The second kappa shape index (κ2) is 7.55. The smallest absolute Gasteiger partial charge is 0.331 e. The third-order valence-electron chi connectivity index (χ3n) is 4.49. The Labute approximate surface area is 142 Å². The van der Waals surface area contributed by atoms with Crippen LogP contribution in [0, 0.1) is 0 Å². The highest BCUT2D eigenvalue weighted by Gasteiger charge is 2.45. The molecule has 1 aromatic rings. The number of carbonyl (C=O) groups excluding carboxylic acids is 2. The molecular formula is C18H25NO5. The van der Waals surface area contributed by atoms with Crippen LogP contribution >= 0.6 is 0 Å². The Morgan fingerprint density at radius 3 is 2.58 bits per heavy atom. The minimum absolute atomic E-state index is 0.232. The van der Waals surface area contributed by atoms with Crippen LogP contribution in [0.1, 0.15) is 43.5 Å². The van der Waals surface area contributed by atoms with E-state index in [0.717, 1.165) is 12.8 Å². The largest absolute Gasteiger partial charge is 0.497 e. The van der Waals surface area contributed by atoms with Crippen molar-refractivity contribution < 1.29 is 23.8 Å². The molecule has 6 nitrogen and oxygen atoms in total. The summed E-state index contributed by atoms with van der Waals surface area (Å²) in [5.74, 6) is 0.446. The molecule has 1 unspecified atom stereocenters. The highest BCUT2D eigenvalue weighted by molar-refractivity contribution is 6.00. The molecule has 0 N–H and O–H groups in total. The summed E-state index contributed by atoms with van der Waals surface area (Å²) in [6, 6.07) is 5.04. The second-order valence-corrected chi connectivity index (χ2v) is 5.97. The number of hydrogen-bond acceptors (Lipinski definition) is 5. The van der Waals surface area contributed by atoms with Crippen LogP contribution in [0.25, 0.3) is 0 Å². The van der Waals surface area contributed by atoms with E-state index >= 15 is 0 Å². The number of piperidine rings is 1. The van der Waals surface area contributed by atoms with Crippen molar-refractivity contribution in [2.24, 2.45) is 0 Å². The van der Waals surface area contributed by atoms with E-state index in [1.807, 2.05) is 0 Å². The molecule has 132 valence electrons. The highest BCUT2D eigenvalue weighted by atomic mass is 16.5. The number of nitrogens with zero attached hydrogens (tertiary/aromatic N) is 1. The fourth-order valence-corrected chi connectivity index (χ4v) is 3.07. The van der Waals surface area contributed by atoms with Gasteiger partial charge in [0.25, 0.3) is 5.91 Å². The predicted octanol–water partition coefficient (Wildman–Crippen LogP) is 2.65. The first kappa shape index (κ1) is 18.1. The third kappa shape index (κ3) is 3.32. The lowest BCUT2D eigenvalue weighted by atomic mass is 9.87. The third-order valence-corrected chi connectivity index (χ3v) is 4.49. The van der Waals surface area contributed by atoms with Crippen molar-refractivity contribution in [1.82, 2.24) is 4.90 Å². The summed E-state index contributed by atoms with van der Waals surface area (Å²) < 4.78 is 15.7. The monoisotopic (exact) mass is 335 g/mol. The van der Waals surface area contributed by atoms with E-state index in [-0.39, 0.29) is 11.9 Å². The average molecular weight is 335 g/mol. The molecule has 6 heteroatoms. The van der Waals surface area contributed by atoms with Gasteiger partial charge in [-0.15, -0.1) is 0 Å². The van der Waals surface area contributed by atoms with Gasteiger partial charge in [0.2, 0.25) is 0 Å². The molecule has 1 aliphatic heterocycles. The molecule has 1 aliphatic rings. The zero-order valence-corrected chi connectivity index (χ0v) is 14.8. The Kier molecular flexibility index (Phi) is 5.70. The molecule has 0 aliphatic carbocycles. The Balaban J connectivity index is 2.37. The molecule has 1 heterocycles. The van der Waals surface area contributed by atoms with Gasteiger partial charge in [-0.3, -0.25) is 4.79 Å². The Hall–Kier alpha value is -2.24. The summed E-state index contributed by atoms with van der Waals surface area (Å²) in [4.78, 5) is 27.2. The van der Waals surface area contributed by atoms with Gasteiger partial charge in [-0.1, -0.05) is 0 Å². The molecule has 1 fully saturated rings. The van der Waals surface area contributed by atoms with E-state index in [2.05, 4.69) is 0 Å². The van der Waals surface area contributed by atoms with Crippen molar-refractivity contribution >= 4 is 11.9 Å². The van der Waals surface area contributed by atoms with Crippen molar-refractivity contribution in [1.29, 1.82) is 0 Å². The molecular weight excluding hydrogens is 310 g/mol. The number of benzene rings is 1. The van der Waals surface area contributed by atoms with Crippen molar-refractivity contribution in [2.45, 2.75) is 38.6 Å². The van der Waals surface area contributed by atoms with Crippen LogP contribution < -0.4 is 9.47 Å². The standard InChI is InChI=1S/C18H25NO5/c1-5-24-17(21)18(2)10-6-7-11-19(18)16(20)14-9-8-13(22-3)12-15(14)23-4/h8-9,12H,5-7,10-11H2,1-4H3. The maximum atomic E-state index is 13.1. The first-order chi connectivity index (χ1) is 11.5. The summed E-state index contributed by atoms with van der Waals surface area (Å²) in [6.45, 7) is 4.35. The van der Waals surface area contributed by atoms with Crippen LogP contribution in [0.5, 0.6) is 11.5 Å². The summed E-state index contributed by atoms with van der Waals surface area (Å²) >= 11 is 0. The molecule has 0 radical (unpaired) electrons. The lowest BCUT2D eigenvalue weighted by molar-refractivity contribution is -0.157. The van der Waals surface area contributed by atoms with E-state index in [1.165, 1.54) is 7.11 Å². The fourth-order valence-electron chi connectivity index (χ4n) is 3.07. The SMILES string of the molecule is CCOC(=O)C1(C)CCCCN1C(=O)c1ccc(OC)cc1OC. The van der Waals surface area contributed by atoms with Gasteiger partial charge >= 0.3 is 5.97 Å². The van der Waals surface area contributed by atoms with Crippen LogP contribution in [-0.2, 0) is 9.53 Å². The summed E-state index contributed by atoms with van der Waals surface area (Å²) in [5, 5.41) is 0. The first-order valence-corrected chi connectivity index (χ1v) is 8.19. The number of amides is 1. The molecule has 1 aromatic carbocycles. The van der Waals surface area contributed by atoms with Crippen LogP contribution in [0.3, 0.4) is 0 Å². The van der Waals surface area contributed by atoms with E-state index in [0.29, 0.717) is 36.6 Å². The summed E-state index contributed by atoms with van der Waals surface area (Å²) in [6.07, 6.45) is 2.34. The van der Waals surface area contributed by atoms with Gasteiger partial charge in [-0.25, -0.2) is 4.79 Å². The lowest BCUT2D eigenvalue weighted by Crippen LogP contribution is -2.58. The van der Waals surface area contributed by atoms with Crippen LogP contribution in [0.4, 0.5) is 0 Å². The van der Waals surface area contributed by atoms with Crippen molar-refractivity contribution in [3.8, 4) is 11.5 Å². The van der Waals surface area contributed by atoms with E-state index < -0.39 is 5.54 Å². The maximum absolute atomic E-state index is 13.1. The van der Waals surface area contributed by atoms with Gasteiger partial charge < -0.3 is 19.1 Å². The number of carbonyl (C=O) groups is 2. The zero-order chi connectivity index (χ0) is 17.7. The van der Waals surface area contributed by atoms with Crippen molar-refractivity contribution in [2.75, 3.05) is 27.4 Å². The molecule has 1 atom stereocenters. The van der Waals surface area contributed by atoms with Gasteiger partial charge in [0, 0.05) is 12.6 Å². The van der Waals surface area contributed by atoms with E-state index in [1.54, 1.807) is 44.1 Å². The van der Waals surface area contributed by atoms with Crippen LogP contribution in [0.2, 0.25) is 0 Å². The number of likely N-dealkylation sites (tertiary alicyclic amines) is 1. The molecule has 1 amide bonds. The van der Waals surface area contributed by atoms with Crippen molar-refractivity contribution in [3.63, 3.8) is 0 Å². The summed E-state index contributed by atoms with van der Waals surface area (Å²) in [5.41, 5.74) is -0.535. The van der Waals surface area contributed by atoms with Crippen LogP contribution in [0.15, 0.2) is 18.2 Å². The Morgan fingerprint density at radius 1 is 1.21 bits per heavy atom. The summed E-state index contributed by atoms with van der Waals surface area (Å²) in [7, 11) is 3.06. The first-order valence-electron chi connectivity index (χ1n) is 8.19. The van der Waals surface area contributed by atoms with E-state index in [9.17, 15) is 9.59 Å². The minimum atomic E-state index is -0.948. The number of methoxy groups -OCH3 is 2. The molecule has 0 bridgehead atoms. The second-order valence-electron chi connectivity index (χ2n) is 5.97. The molecule has 1 saturated heterocycles. The minimum Gasteiger partial charge on any atom is -0.497 e. The quantitative estimate of drug-likeness (QED) is 0.774. The molecule has 0 aromatic heterocycles. The normalized spacial score (nSPS) is 20.4. The zero-order valence-electron chi connectivity index (χ0n) is 14.8. The molecule has 24 heavy (non-hydrogen) atoms. The van der Waals surface area contributed by atoms with Crippen molar-refractivity contribution in [3.05, 3.63) is 23.8 Å². The number of rotatable bonds is 5. The predicted molar refractivity (Wildman–Crippen MR) is 89.5 cm³/mol. The van der Waals surface area contributed by atoms with Crippen LogP contribution in [-0.4, -0.2) is 49.7 Å². The fraction of sp³-hybridized carbons (Fsp3) is 0.556. The lowest BCUT2D eigenvalue weighted by Gasteiger charge is -2.42. The molecule has 2 rings (SSSR count). The highest BCUT2D eigenvalue weighted by Crippen LogP contribution is 2.33. The topological polar surface area (TPSA) is 65.1 Å².